The Labute approximate surface area is 116 Å². The Morgan fingerprint density at radius 3 is 2.37 bits per heavy atom. The highest BCUT2D eigenvalue weighted by atomic mass is 35.5. The number of aromatic nitrogens is 2. The first kappa shape index (κ1) is 13.4. The van der Waals surface area contributed by atoms with E-state index in [0.717, 1.165) is 17.1 Å². The second-order valence-corrected chi connectivity index (χ2v) is 4.69. The normalized spacial score (nSPS) is 10.3. The van der Waals surface area contributed by atoms with E-state index in [9.17, 15) is 4.79 Å². The van der Waals surface area contributed by atoms with E-state index in [1.54, 1.807) is 28.9 Å². The fraction of sp³-hybridized carbons (Fsp3) is 0.231. The van der Waals surface area contributed by atoms with Gasteiger partial charge in [-0.25, -0.2) is 4.79 Å². The Bertz CT molecular complexity index is 604. The highest BCUT2D eigenvalue weighted by Gasteiger charge is 2.12. The highest BCUT2D eigenvalue weighted by molar-refractivity contribution is 6.30. The number of benzene rings is 1. The highest BCUT2D eigenvalue weighted by Crippen LogP contribution is 2.19. The van der Waals surface area contributed by atoms with Crippen LogP contribution in [-0.2, 0) is 7.05 Å². The van der Waals surface area contributed by atoms with Crippen LogP contribution in [0.3, 0.4) is 0 Å². The van der Waals surface area contributed by atoms with E-state index in [2.05, 4.69) is 15.7 Å². The van der Waals surface area contributed by atoms with E-state index < -0.39 is 0 Å². The molecule has 0 aliphatic carbocycles. The van der Waals surface area contributed by atoms with Gasteiger partial charge in [-0.3, -0.25) is 4.68 Å². The van der Waals surface area contributed by atoms with Crippen LogP contribution in [0, 0.1) is 13.8 Å². The smallest absolute Gasteiger partial charge is 0.308 e. The number of halogens is 1. The summed E-state index contributed by atoms with van der Waals surface area (Å²) in [4.78, 5) is 11.9. The molecule has 0 spiro atoms. The molecule has 2 aromatic rings. The predicted molar refractivity (Wildman–Crippen MR) is 76.8 cm³/mol. The van der Waals surface area contributed by atoms with Gasteiger partial charge < -0.3 is 10.6 Å². The molecular formula is C13H15ClN4O. The Hall–Kier alpha value is -2.01. The lowest BCUT2D eigenvalue weighted by Gasteiger charge is -2.08. The van der Waals surface area contributed by atoms with Crippen molar-refractivity contribution in [3.8, 4) is 0 Å². The third-order valence-corrected chi connectivity index (χ3v) is 3.10. The van der Waals surface area contributed by atoms with Crippen LogP contribution >= 0.6 is 11.6 Å². The van der Waals surface area contributed by atoms with Crippen molar-refractivity contribution in [2.24, 2.45) is 7.05 Å². The van der Waals surface area contributed by atoms with Crippen molar-refractivity contribution >= 4 is 29.0 Å². The predicted octanol–water partition coefficient (Wildman–Crippen LogP) is 3.33. The average Bonchev–Trinajstić information content (AvgIpc) is 2.59. The second kappa shape index (κ2) is 5.32. The number of hydrogen-bond acceptors (Lipinski definition) is 2. The van der Waals surface area contributed by atoms with Gasteiger partial charge in [0.25, 0.3) is 0 Å². The van der Waals surface area contributed by atoms with Gasteiger partial charge >= 0.3 is 6.03 Å². The van der Waals surface area contributed by atoms with Crippen molar-refractivity contribution < 1.29 is 4.79 Å². The average molecular weight is 279 g/mol. The molecule has 0 bridgehead atoms. The molecule has 0 saturated carbocycles. The number of urea groups is 1. The Morgan fingerprint density at radius 1 is 1.21 bits per heavy atom. The molecule has 1 heterocycles. The van der Waals surface area contributed by atoms with Gasteiger partial charge in [-0.1, -0.05) is 11.6 Å². The first-order valence-electron chi connectivity index (χ1n) is 5.81. The molecule has 2 N–H and O–H groups in total. The molecule has 6 heteroatoms. The fourth-order valence-electron chi connectivity index (χ4n) is 1.76. The molecule has 2 rings (SSSR count). The van der Waals surface area contributed by atoms with Crippen LogP contribution in [0.15, 0.2) is 24.3 Å². The van der Waals surface area contributed by atoms with Gasteiger partial charge in [0.1, 0.15) is 0 Å². The molecule has 100 valence electrons. The summed E-state index contributed by atoms with van der Waals surface area (Å²) in [6.45, 7) is 3.75. The van der Waals surface area contributed by atoms with Crippen molar-refractivity contribution in [2.75, 3.05) is 10.6 Å². The Morgan fingerprint density at radius 2 is 1.84 bits per heavy atom. The summed E-state index contributed by atoms with van der Waals surface area (Å²) in [6.07, 6.45) is 0. The standard InChI is InChI=1S/C13H15ClN4O/c1-8-12(9(2)18(3)17-8)16-13(19)15-11-6-4-10(14)5-7-11/h4-7H,1-3H3,(H2,15,16,19). The number of rotatable bonds is 2. The van der Waals surface area contributed by atoms with Crippen LogP contribution in [-0.4, -0.2) is 15.8 Å². The summed E-state index contributed by atoms with van der Waals surface area (Å²) in [6, 6.07) is 6.62. The summed E-state index contributed by atoms with van der Waals surface area (Å²) in [5.41, 5.74) is 3.10. The van der Waals surface area contributed by atoms with Crippen molar-refractivity contribution in [3.63, 3.8) is 0 Å². The number of aryl methyl sites for hydroxylation is 2. The minimum Gasteiger partial charge on any atom is -0.308 e. The molecule has 0 unspecified atom stereocenters. The molecule has 0 radical (unpaired) electrons. The number of nitrogens with one attached hydrogen (secondary N) is 2. The number of anilines is 2. The molecule has 2 amide bonds. The zero-order chi connectivity index (χ0) is 14.0. The third kappa shape index (κ3) is 3.06. The van der Waals surface area contributed by atoms with Gasteiger partial charge in [0.15, 0.2) is 0 Å². The monoisotopic (exact) mass is 278 g/mol. The first-order valence-corrected chi connectivity index (χ1v) is 6.19. The summed E-state index contributed by atoms with van der Waals surface area (Å²) in [5, 5.41) is 10.4. The lowest BCUT2D eigenvalue weighted by atomic mass is 10.3. The van der Waals surface area contributed by atoms with Gasteiger partial charge in [-0.2, -0.15) is 5.10 Å². The summed E-state index contributed by atoms with van der Waals surface area (Å²) >= 11 is 5.78. The van der Waals surface area contributed by atoms with Gasteiger partial charge in [0, 0.05) is 17.8 Å². The van der Waals surface area contributed by atoms with E-state index in [1.165, 1.54) is 0 Å². The van der Waals surface area contributed by atoms with E-state index in [1.807, 2.05) is 20.9 Å². The maximum absolute atomic E-state index is 11.9. The molecule has 0 atom stereocenters. The summed E-state index contributed by atoms with van der Waals surface area (Å²) < 4.78 is 1.73. The number of hydrogen-bond donors (Lipinski definition) is 2. The van der Waals surface area contributed by atoms with Crippen molar-refractivity contribution in [1.82, 2.24) is 9.78 Å². The molecule has 0 aliphatic rings. The zero-order valence-electron chi connectivity index (χ0n) is 11.0. The van der Waals surface area contributed by atoms with Crippen LogP contribution in [0.25, 0.3) is 0 Å². The second-order valence-electron chi connectivity index (χ2n) is 4.26. The van der Waals surface area contributed by atoms with E-state index in [4.69, 9.17) is 11.6 Å². The van der Waals surface area contributed by atoms with Crippen molar-refractivity contribution in [2.45, 2.75) is 13.8 Å². The zero-order valence-corrected chi connectivity index (χ0v) is 11.7. The lowest BCUT2D eigenvalue weighted by Crippen LogP contribution is -2.20. The summed E-state index contributed by atoms with van der Waals surface area (Å²) in [7, 11) is 1.84. The molecule has 19 heavy (non-hydrogen) atoms. The van der Waals surface area contributed by atoms with Crippen LogP contribution < -0.4 is 10.6 Å². The minimum absolute atomic E-state index is 0.304. The number of amides is 2. The van der Waals surface area contributed by atoms with Gasteiger partial charge in [-0.15, -0.1) is 0 Å². The van der Waals surface area contributed by atoms with E-state index in [-0.39, 0.29) is 6.03 Å². The maximum Gasteiger partial charge on any atom is 0.323 e. The molecule has 0 saturated heterocycles. The number of carbonyl (C=O) groups excluding carboxylic acids is 1. The van der Waals surface area contributed by atoms with E-state index >= 15 is 0 Å². The van der Waals surface area contributed by atoms with Crippen LogP contribution in [0.2, 0.25) is 5.02 Å². The quantitative estimate of drug-likeness (QED) is 0.885. The molecule has 0 aliphatic heterocycles. The topological polar surface area (TPSA) is 59.0 Å². The number of carbonyl (C=O) groups is 1. The molecular weight excluding hydrogens is 264 g/mol. The SMILES string of the molecule is Cc1nn(C)c(C)c1NC(=O)Nc1ccc(Cl)cc1. The van der Waals surface area contributed by atoms with Crippen molar-refractivity contribution in [1.29, 1.82) is 0 Å². The molecule has 1 aromatic carbocycles. The molecule has 5 nitrogen and oxygen atoms in total. The molecule has 1 aromatic heterocycles. The van der Waals surface area contributed by atoms with Crippen LogP contribution in [0.5, 0.6) is 0 Å². The third-order valence-electron chi connectivity index (χ3n) is 2.85. The maximum atomic E-state index is 11.9. The lowest BCUT2D eigenvalue weighted by molar-refractivity contribution is 0.262. The fourth-order valence-corrected chi connectivity index (χ4v) is 1.89. The first-order chi connectivity index (χ1) is 8.97. The van der Waals surface area contributed by atoms with Crippen LogP contribution in [0.1, 0.15) is 11.4 Å². The van der Waals surface area contributed by atoms with Crippen LogP contribution in [0.4, 0.5) is 16.2 Å². The Kier molecular flexibility index (Phi) is 3.76. The molecule has 0 fully saturated rings. The number of nitrogens with zero attached hydrogens (tertiary/aromatic N) is 2. The van der Waals surface area contributed by atoms with E-state index in [0.29, 0.717) is 10.7 Å². The minimum atomic E-state index is -0.304. The largest absolute Gasteiger partial charge is 0.323 e. The van der Waals surface area contributed by atoms with Gasteiger partial charge in [0.2, 0.25) is 0 Å². The van der Waals surface area contributed by atoms with Gasteiger partial charge in [0.05, 0.1) is 17.1 Å². The Balaban J connectivity index is 2.07. The van der Waals surface area contributed by atoms with Crippen molar-refractivity contribution in [3.05, 3.63) is 40.7 Å². The van der Waals surface area contributed by atoms with Gasteiger partial charge in [-0.05, 0) is 38.1 Å². The summed E-state index contributed by atoms with van der Waals surface area (Å²) in [5.74, 6) is 0.